The maximum absolute atomic E-state index is 12.0. The van der Waals surface area contributed by atoms with Crippen molar-refractivity contribution < 1.29 is 22.3 Å². The molecule has 0 saturated carbocycles. The van der Waals surface area contributed by atoms with Gasteiger partial charge in [-0.3, -0.25) is 0 Å². The molecule has 2 rings (SSSR count). The van der Waals surface area contributed by atoms with Crippen LogP contribution in [-0.2, 0) is 0 Å². The van der Waals surface area contributed by atoms with Gasteiger partial charge in [-0.1, -0.05) is 31.4 Å². The number of fused-ring (bicyclic) bond motifs is 1. The van der Waals surface area contributed by atoms with Gasteiger partial charge in [0.15, 0.2) is 0 Å². The number of unbranched alkanes of at least 4 members (excludes halogenated alkanes) is 5. The zero-order valence-corrected chi connectivity index (χ0v) is 15.5. The minimum Gasteiger partial charge on any atom is -0.493 e. The third-order valence-corrected chi connectivity index (χ3v) is 4.22. The van der Waals surface area contributed by atoms with Gasteiger partial charge in [-0.05, 0) is 43.9 Å². The summed E-state index contributed by atoms with van der Waals surface area (Å²) in [5.41, 5.74) is 1.03. The summed E-state index contributed by atoms with van der Waals surface area (Å²) in [6.45, 7) is 2.44. The zero-order valence-electron chi connectivity index (χ0n) is 15.5. The molecule has 1 aromatic carbocycles. The van der Waals surface area contributed by atoms with Crippen LogP contribution in [0.5, 0.6) is 5.75 Å². The Morgan fingerprint density at radius 2 is 1.78 bits per heavy atom. The average Bonchev–Trinajstić information content (AvgIpc) is 2.58. The number of alkyl halides is 3. The largest absolute Gasteiger partial charge is 0.493 e. The lowest BCUT2D eigenvalue weighted by Gasteiger charge is -2.07. The standard InChI is InChI=1S/C21H25F3O3/c1-16-14-20(25)27-19-15-17(10-11-18(16)19)26-13-9-7-5-3-2-4-6-8-12-21(22,23)24/h6,8,10-11,14-15H,2-5,7,9,12-13H2,1H3/b8-6+. The molecule has 0 aliphatic heterocycles. The van der Waals surface area contributed by atoms with Gasteiger partial charge in [-0.2, -0.15) is 13.2 Å². The van der Waals surface area contributed by atoms with Crippen molar-refractivity contribution in [2.75, 3.05) is 6.61 Å². The number of allylic oxidation sites excluding steroid dienone is 2. The summed E-state index contributed by atoms with van der Waals surface area (Å²) in [6, 6.07) is 6.95. The molecule has 0 N–H and O–H groups in total. The first-order chi connectivity index (χ1) is 12.8. The van der Waals surface area contributed by atoms with Crippen molar-refractivity contribution in [1.29, 1.82) is 0 Å². The first kappa shape index (κ1) is 21.1. The molecule has 0 saturated heterocycles. The number of rotatable bonds is 10. The molecule has 0 spiro atoms. The molecule has 27 heavy (non-hydrogen) atoms. The third kappa shape index (κ3) is 7.89. The highest BCUT2D eigenvalue weighted by molar-refractivity contribution is 5.81. The highest BCUT2D eigenvalue weighted by atomic mass is 19.4. The maximum Gasteiger partial charge on any atom is 0.392 e. The lowest BCUT2D eigenvalue weighted by molar-refractivity contribution is -0.125. The van der Waals surface area contributed by atoms with E-state index in [1.165, 1.54) is 12.1 Å². The summed E-state index contributed by atoms with van der Waals surface area (Å²) in [4.78, 5) is 11.4. The predicted octanol–water partition coefficient (Wildman–Crippen LogP) is 6.33. The number of halogens is 3. The molecular weight excluding hydrogens is 357 g/mol. The van der Waals surface area contributed by atoms with Crippen LogP contribution in [0.25, 0.3) is 11.0 Å². The van der Waals surface area contributed by atoms with E-state index in [0.29, 0.717) is 24.4 Å². The van der Waals surface area contributed by atoms with Crippen molar-refractivity contribution in [2.24, 2.45) is 0 Å². The van der Waals surface area contributed by atoms with Crippen molar-refractivity contribution in [3.63, 3.8) is 0 Å². The number of hydrogen-bond acceptors (Lipinski definition) is 3. The van der Waals surface area contributed by atoms with Crippen LogP contribution in [-0.4, -0.2) is 12.8 Å². The van der Waals surface area contributed by atoms with Crippen LogP contribution in [0.1, 0.15) is 50.5 Å². The SMILES string of the molecule is Cc1cc(=O)oc2cc(OCCCCCCC/C=C/CC(F)(F)F)ccc12. The second-order valence-electron chi connectivity index (χ2n) is 6.60. The van der Waals surface area contributed by atoms with E-state index in [2.05, 4.69) is 0 Å². The van der Waals surface area contributed by atoms with Gasteiger partial charge in [0, 0.05) is 17.5 Å². The van der Waals surface area contributed by atoms with Gasteiger partial charge in [0.1, 0.15) is 11.3 Å². The Bertz CT molecular complexity index is 806. The smallest absolute Gasteiger partial charge is 0.392 e. The maximum atomic E-state index is 12.0. The van der Waals surface area contributed by atoms with E-state index < -0.39 is 12.6 Å². The normalized spacial score (nSPS) is 12.1. The molecule has 1 aromatic heterocycles. The lowest BCUT2D eigenvalue weighted by atomic mass is 10.1. The van der Waals surface area contributed by atoms with Crippen molar-refractivity contribution >= 4 is 11.0 Å². The molecular formula is C21H25F3O3. The van der Waals surface area contributed by atoms with Crippen LogP contribution in [0.3, 0.4) is 0 Å². The summed E-state index contributed by atoms with van der Waals surface area (Å²) < 4.78 is 46.8. The first-order valence-corrected chi connectivity index (χ1v) is 9.24. The lowest BCUT2D eigenvalue weighted by Crippen LogP contribution is -2.03. The molecule has 0 atom stereocenters. The highest BCUT2D eigenvalue weighted by Gasteiger charge is 2.24. The third-order valence-electron chi connectivity index (χ3n) is 4.22. The predicted molar refractivity (Wildman–Crippen MR) is 100 cm³/mol. The molecule has 6 heteroatoms. The van der Waals surface area contributed by atoms with Gasteiger partial charge in [0.05, 0.1) is 13.0 Å². The average molecular weight is 382 g/mol. The Morgan fingerprint density at radius 3 is 2.56 bits per heavy atom. The fourth-order valence-electron chi connectivity index (χ4n) is 2.81. The van der Waals surface area contributed by atoms with E-state index >= 15 is 0 Å². The van der Waals surface area contributed by atoms with Crippen molar-refractivity contribution in [3.8, 4) is 5.75 Å². The van der Waals surface area contributed by atoms with E-state index in [0.717, 1.165) is 43.1 Å². The summed E-state index contributed by atoms with van der Waals surface area (Å²) in [5, 5.41) is 0.895. The molecule has 0 bridgehead atoms. The fourth-order valence-corrected chi connectivity index (χ4v) is 2.81. The van der Waals surface area contributed by atoms with E-state index in [4.69, 9.17) is 9.15 Å². The van der Waals surface area contributed by atoms with Crippen LogP contribution in [0.2, 0.25) is 0 Å². The number of benzene rings is 1. The molecule has 2 aromatic rings. The summed E-state index contributed by atoms with van der Waals surface area (Å²) in [5.74, 6) is 0.672. The number of ether oxygens (including phenoxy) is 1. The summed E-state index contributed by atoms with van der Waals surface area (Å²) >= 11 is 0. The minimum atomic E-state index is -4.11. The Morgan fingerprint density at radius 1 is 1.04 bits per heavy atom. The van der Waals surface area contributed by atoms with Crippen LogP contribution in [0.15, 0.2) is 45.6 Å². The first-order valence-electron chi connectivity index (χ1n) is 9.24. The van der Waals surface area contributed by atoms with E-state index in [1.807, 2.05) is 19.1 Å². The molecule has 0 radical (unpaired) electrons. The van der Waals surface area contributed by atoms with Crippen LogP contribution >= 0.6 is 0 Å². The van der Waals surface area contributed by atoms with Crippen LogP contribution < -0.4 is 10.4 Å². The topological polar surface area (TPSA) is 39.4 Å². The zero-order chi connectivity index (χ0) is 19.7. The van der Waals surface area contributed by atoms with Crippen molar-refractivity contribution in [1.82, 2.24) is 0 Å². The monoisotopic (exact) mass is 382 g/mol. The highest BCUT2D eigenvalue weighted by Crippen LogP contribution is 2.22. The molecule has 0 aliphatic rings. The Balaban J connectivity index is 1.59. The van der Waals surface area contributed by atoms with Gasteiger partial charge in [0.2, 0.25) is 0 Å². The Hall–Kier alpha value is -2.24. The van der Waals surface area contributed by atoms with Gasteiger partial charge in [-0.15, -0.1) is 0 Å². The quantitative estimate of drug-likeness (QED) is 0.274. The van der Waals surface area contributed by atoms with Gasteiger partial charge in [-0.25, -0.2) is 4.79 Å². The Labute approximate surface area is 156 Å². The van der Waals surface area contributed by atoms with E-state index in [-0.39, 0.29) is 5.63 Å². The molecule has 0 fully saturated rings. The molecule has 3 nitrogen and oxygen atoms in total. The van der Waals surface area contributed by atoms with Gasteiger partial charge >= 0.3 is 11.8 Å². The second-order valence-corrected chi connectivity index (χ2v) is 6.60. The molecule has 0 unspecified atom stereocenters. The Kier molecular flexibility index (Phi) is 7.95. The van der Waals surface area contributed by atoms with Crippen LogP contribution in [0.4, 0.5) is 13.2 Å². The van der Waals surface area contributed by atoms with Crippen LogP contribution in [0, 0.1) is 6.92 Å². The van der Waals surface area contributed by atoms with Gasteiger partial charge < -0.3 is 9.15 Å². The van der Waals surface area contributed by atoms with Gasteiger partial charge in [0.25, 0.3) is 0 Å². The van der Waals surface area contributed by atoms with E-state index in [9.17, 15) is 18.0 Å². The second kappa shape index (κ2) is 10.2. The molecule has 148 valence electrons. The molecule has 0 aliphatic carbocycles. The number of hydrogen-bond donors (Lipinski definition) is 0. The summed E-state index contributed by atoms with van der Waals surface area (Å²) in [6.07, 6.45) is 3.38. The summed E-state index contributed by atoms with van der Waals surface area (Å²) in [7, 11) is 0. The number of aryl methyl sites for hydroxylation is 1. The molecule has 1 heterocycles. The van der Waals surface area contributed by atoms with E-state index in [1.54, 1.807) is 12.1 Å². The molecule has 0 amide bonds. The van der Waals surface area contributed by atoms with Crippen molar-refractivity contribution in [3.05, 3.63) is 52.4 Å². The fraction of sp³-hybridized carbons (Fsp3) is 0.476. The van der Waals surface area contributed by atoms with Crippen molar-refractivity contribution in [2.45, 2.75) is 58.0 Å². The minimum absolute atomic E-state index is 0.370.